The summed E-state index contributed by atoms with van der Waals surface area (Å²) in [6.45, 7) is 2.37. The zero-order valence-corrected chi connectivity index (χ0v) is 20.3. The van der Waals surface area contributed by atoms with Crippen LogP contribution in [0, 0.1) is 35.0 Å². The van der Waals surface area contributed by atoms with Crippen molar-refractivity contribution in [1.82, 2.24) is 5.06 Å². The molecule has 0 N–H and O–H groups in total. The van der Waals surface area contributed by atoms with Crippen LogP contribution in [0.1, 0.15) is 63.0 Å². The molecular weight excluding hydrogens is 481 g/mol. The molecule has 1 heterocycles. The van der Waals surface area contributed by atoms with Crippen LogP contribution in [0.5, 0.6) is 0 Å². The molecular formula is C27H32F5NO3. The van der Waals surface area contributed by atoms with Crippen LogP contribution in [0.15, 0.2) is 30.3 Å². The van der Waals surface area contributed by atoms with Gasteiger partial charge in [0, 0.05) is 18.6 Å². The lowest BCUT2D eigenvalue weighted by atomic mass is 9.84. The Morgan fingerprint density at radius 1 is 1.00 bits per heavy atom. The second kappa shape index (κ2) is 13.7. The molecule has 1 aliphatic rings. The highest BCUT2D eigenvalue weighted by molar-refractivity contribution is 5.46. The molecule has 1 aliphatic heterocycles. The molecule has 0 bridgehead atoms. The fourth-order valence-corrected chi connectivity index (χ4v) is 4.71. The Bertz CT molecular complexity index is 956. The minimum atomic E-state index is -2.19. The molecule has 0 aromatic heterocycles. The molecule has 0 spiro atoms. The lowest BCUT2D eigenvalue weighted by molar-refractivity contribution is -0.290. The molecule has 2 aromatic carbocycles. The van der Waals surface area contributed by atoms with Crippen LogP contribution in [-0.4, -0.2) is 30.4 Å². The van der Waals surface area contributed by atoms with E-state index in [1.807, 2.05) is 37.3 Å². The van der Waals surface area contributed by atoms with Crippen LogP contribution in [0.3, 0.4) is 0 Å². The fourth-order valence-electron chi connectivity index (χ4n) is 4.71. The molecule has 0 saturated carbocycles. The van der Waals surface area contributed by atoms with Gasteiger partial charge in [-0.3, -0.25) is 4.79 Å². The lowest BCUT2D eigenvalue weighted by Gasteiger charge is -2.36. The van der Waals surface area contributed by atoms with Gasteiger partial charge in [0.25, 0.3) is 0 Å². The minimum Gasteiger partial charge on any atom is -0.350 e. The van der Waals surface area contributed by atoms with E-state index in [-0.39, 0.29) is 0 Å². The van der Waals surface area contributed by atoms with Crippen molar-refractivity contribution in [3.63, 3.8) is 0 Å². The van der Waals surface area contributed by atoms with Gasteiger partial charge in [-0.05, 0) is 56.4 Å². The van der Waals surface area contributed by atoms with Crippen molar-refractivity contribution in [2.75, 3.05) is 6.61 Å². The first kappa shape index (κ1) is 28.1. The number of hydroxylamine groups is 2. The third-order valence-electron chi connectivity index (χ3n) is 6.59. The van der Waals surface area contributed by atoms with E-state index in [1.54, 1.807) is 0 Å². The number of rotatable bonds is 13. The van der Waals surface area contributed by atoms with Gasteiger partial charge in [-0.25, -0.2) is 31.9 Å². The molecule has 0 aliphatic carbocycles. The van der Waals surface area contributed by atoms with Crippen molar-refractivity contribution in [3.8, 4) is 0 Å². The highest BCUT2D eigenvalue weighted by Crippen LogP contribution is 2.31. The molecule has 9 heteroatoms. The predicted octanol–water partition coefficient (Wildman–Crippen LogP) is 6.65. The average Bonchev–Trinajstić information content (AvgIpc) is 2.91. The zero-order chi connectivity index (χ0) is 26.1. The van der Waals surface area contributed by atoms with Gasteiger partial charge in [-0.2, -0.15) is 0 Å². The Morgan fingerprint density at radius 2 is 1.67 bits per heavy atom. The quantitative estimate of drug-likeness (QED) is 0.0990. The van der Waals surface area contributed by atoms with Crippen LogP contribution in [0.2, 0.25) is 0 Å². The van der Waals surface area contributed by atoms with Gasteiger partial charge < -0.3 is 4.74 Å². The van der Waals surface area contributed by atoms with Crippen LogP contribution in [-0.2, 0) is 27.2 Å². The smallest absolute Gasteiger partial charge is 0.233 e. The monoisotopic (exact) mass is 513 g/mol. The van der Waals surface area contributed by atoms with Gasteiger partial charge in [-0.1, -0.05) is 43.7 Å². The third kappa shape index (κ3) is 7.03. The van der Waals surface area contributed by atoms with Crippen molar-refractivity contribution in [1.29, 1.82) is 0 Å². The van der Waals surface area contributed by atoms with Gasteiger partial charge in [0.1, 0.15) is 0 Å². The summed E-state index contributed by atoms with van der Waals surface area (Å²) in [6.07, 6.45) is 4.37. The van der Waals surface area contributed by atoms with E-state index >= 15 is 0 Å². The van der Waals surface area contributed by atoms with Gasteiger partial charge in [0.2, 0.25) is 12.2 Å². The second-order valence-corrected chi connectivity index (χ2v) is 9.11. The van der Waals surface area contributed by atoms with E-state index in [1.165, 1.54) is 0 Å². The molecule has 1 unspecified atom stereocenters. The normalized spacial score (nSPS) is 17.6. The summed E-state index contributed by atoms with van der Waals surface area (Å²) in [6, 6.07) is 8.93. The highest BCUT2D eigenvalue weighted by atomic mass is 19.2. The number of hydrogen-bond donors (Lipinski definition) is 0. The van der Waals surface area contributed by atoms with E-state index in [4.69, 9.17) is 9.57 Å². The van der Waals surface area contributed by atoms with E-state index in [9.17, 15) is 26.7 Å². The largest absolute Gasteiger partial charge is 0.350 e. The summed E-state index contributed by atoms with van der Waals surface area (Å²) in [4.78, 5) is 17.9. The fraction of sp³-hybridized carbons (Fsp3) is 0.519. The van der Waals surface area contributed by atoms with Crippen molar-refractivity contribution < 1.29 is 36.3 Å². The molecule has 3 rings (SSSR count). The van der Waals surface area contributed by atoms with Gasteiger partial charge >= 0.3 is 0 Å². The summed E-state index contributed by atoms with van der Waals surface area (Å²) >= 11 is 0. The Kier molecular flexibility index (Phi) is 10.7. The first-order chi connectivity index (χ1) is 17.4. The third-order valence-corrected chi connectivity index (χ3v) is 6.59. The zero-order valence-electron chi connectivity index (χ0n) is 20.3. The number of benzene rings is 2. The average molecular weight is 514 g/mol. The highest BCUT2D eigenvalue weighted by Gasteiger charge is 2.33. The number of hydrogen-bond acceptors (Lipinski definition) is 3. The maximum Gasteiger partial charge on any atom is 0.233 e. The maximum atomic E-state index is 14.6. The van der Waals surface area contributed by atoms with Gasteiger partial charge in [0.05, 0.1) is 6.04 Å². The number of aryl methyl sites for hydroxylation is 1. The minimum absolute atomic E-state index is 0.373. The summed E-state index contributed by atoms with van der Waals surface area (Å²) in [7, 11) is 0. The molecule has 36 heavy (non-hydrogen) atoms. The Balaban J connectivity index is 1.89. The van der Waals surface area contributed by atoms with Crippen LogP contribution in [0.4, 0.5) is 22.0 Å². The van der Waals surface area contributed by atoms with E-state index in [0.29, 0.717) is 51.5 Å². The first-order valence-electron chi connectivity index (χ1n) is 12.4. The van der Waals surface area contributed by atoms with E-state index in [0.717, 1.165) is 23.5 Å². The Labute approximate surface area is 208 Å². The van der Waals surface area contributed by atoms with Crippen molar-refractivity contribution in [2.45, 2.75) is 77.0 Å². The van der Waals surface area contributed by atoms with Crippen LogP contribution in [0.25, 0.3) is 0 Å². The molecule has 198 valence electrons. The van der Waals surface area contributed by atoms with Gasteiger partial charge in [0.15, 0.2) is 29.6 Å². The number of carbonyl (C=O) groups is 1. The number of ether oxygens (including phenoxy) is 1. The molecule has 4 nitrogen and oxygen atoms in total. The van der Waals surface area contributed by atoms with E-state index in [2.05, 4.69) is 0 Å². The summed E-state index contributed by atoms with van der Waals surface area (Å²) in [5.41, 5.74) is 0.176. The standard InChI is InChI=1S/C27H32F5NO3/c1-2-9-21(33(17-34)36-22-14-6-7-15-35-22)19(13-8-12-18-10-4-3-5-11-18)16-20-23(28)25(30)27(32)26(31)24(20)29/h3-5,10-11,17,19,21-22H,2,6-9,12-16H2,1H3/t19-,21-,22?/m0/s1. The summed E-state index contributed by atoms with van der Waals surface area (Å²) in [5, 5.41) is 1.11. The molecule has 3 atom stereocenters. The SMILES string of the molecule is CCC[C@@H]([C@@H](CCCc1ccccc1)Cc1c(F)c(F)c(F)c(F)c1F)N(C=O)OC1CCCCO1. The molecule has 0 radical (unpaired) electrons. The maximum absolute atomic E-state index is 14.6. The predicted molar refractivity (Wildman–Crippen MR) is 124 cm³/mol. The topological polar surface area (TPSA) is 38.8 Å². The van der Waals surface area contributed by atoms with Crippen LogP contribution < -0.4 is 0 Å². The molecule has 1 saturated heterocycles. The number of nitrogens with zero attached hydrogens (tertiary/aromatic N) is 1. The number of amides is 1. The summed E-state index contributed by atoms with van der Waals surface area (Å²) < 4.78 is 76.3. The van der Waals surface area contributed by atoms with Crippen LogP contribution >= 0.6 is 0 Å². The van der Waals surface area contributed by atoms with E-state index < -0.39 is 59.3 Å². The molecule has 2 aromatic rings. The first-order valence-corrected chi connectivity index (χ1v) is 12.4. The second-order valence-electron chi connectivity index (χ2n) is 9.11. The van der Waals surface area contributed by atoms with Crippen molar-refractivity contribution in [2.24, 2.45) is 5.92 Å². The number of carbonyl (C=O) groups excluding carboxylic acids is 1. The molecule has 1 amide bonds. The Morgan fingerprint density at radius 3 is 2.25 bits per heavy atom. The van der Waals surface area contributed by atoms with Crippen molar-refractivity contribution in [3.05, 3.63) is 70.5 Å². The summed E-state index contributed by atoms with van der Waals surface area (Å²) in [5.74, 6) is -10.5. The number of halogens is 5. The molecule has 1 fully saturated rings. The van der Waals surface area contributed by atoms with Crippen molar-refractivity contribution >= 4 is 6.41 Å². The van der Waals surface area contributed by atoms with Gasteiger partial charge in [-0.15, -0.1) is 0 Å². The lowest BCUT2D eigenvalue weighted by Crippen LogP contribution is -2.44. The Hall–Kier alpha value is -2.52.